The molecule has 1 N–H and O–H groups in total. The standard InChI is InChI=1S/C26H47NO/c1-4-7-8-9-10-11-12-13-14-15-16-17-18-19-24-20-21-25(26(28)22-24)23-27(5-2)6-3/h20-22,28H,4-19,23H2,1-3H3. The van der Waals surface area contributed by atoms with Crippen LogP contribution in [0.4, 0.5) is 0 Å². The lowest BCUT2D eigenvalue weighted by molar-refractivity contribution is 0.291. The lowest BCUT2D eigenvalue weighted by atomic mass is 10.0. The fraction of sp³-hybridized carbons (Fsp3) is 0.769. The van der Waals surface area contributed by atoms with Crippen LogP contribution in [0.25, 0.3) is 0 Å². The Kier molecular flexibility index (Phi) is 15.1. The summed E-state index contributed by atoms with van der Waals surface area (Å²) in [5, 5.41) is 10.3. The van der Waals surface area contributed by atoms with Gasteiger partial charge < -0.3 is 5.11 Å². The van der Waals surface area contributed by atoms with Gasteiger partial charge in [0.1, 0.15) is 5.75 Å². The first-order chi connectivity index (χ1) is 13.7. The highest BCUT2D eigenvalue weighted by Crippen LogP contribution is 2.22. The van der Waals surface area contributed by atoms with Crippen LogP contribution in [0.3, 0.4) is 0 Å². The van der Waals surface area contributed by atoms with Crippen molar-refractivity contribution in [1.82, 2.24) is 4.90 Å². The van der Waals surface area contributed by atoms with E-state index in [1.165, 1.54) is 89.0 Å². The molecule has 1 aromatic rings. The van der Waals surface area contributed by atoms with E-state index in [0.717, 1.165) is 31.6 Å². The number of phenolic OH excluding ortho intramolecular Hbond substituents is 1. The zero-order valence-corrected chi connectivity index (χ0v) is 19.1. The largest absolute Gasteiger partial charge is 0.508 e. The lowest BCUT2D eigenvalue weighted by Crippen LogP contribution is -2.22. The molecule has 0 aliphatic carbocycles. The van der Waals surface area contributed by atoms with Crippen LogP contribution in [0.15, 0.2) is 18.2 Å². The Morgan fingerprint density at radius 2 is 1.18 bits per heavy atom. The van der Waals surface area contributed by atoms with Crippen LogP contribution < -0.4 is 0 Å². The Labute approximate surface area is 175 Å². The fourth-order valence-corrected chi connectivity index (χ4v) is 3.93. The molecular weight excluding hydrogens is 342 g/mol. The predicted octanol–water partition coefficient (Wildman–Crippen LogP) is 7.87. The fourth-order valence-electron chi connectivity index (χ4n) is 3.93. The van der Waals surface area contributed by atoms with Gasteiger partial charge in [0.05, 0.1) is 0 Å². The summed E-state index contributed by atoms with van der Waals surface area (Å²) in [6.45, 7) is 9.52. The molecular formula is C26H47NO. The summed E-state index contributed by atoms with van der Waals surface area (Å²) in [7, 11) is 0. The average Bonchev–Trinajstić information content (AvgIpc) is 2.71. The Balaban J connectivity index is 2.03. The van der Waals surface area contributed by atoms with Crippen molar-refractivity contribution >= 4 is 0 Å². The van der Waals surface area contributed by atoms with E-state index >= 15 is 0 Å². The average molecular weight is 390 g/mol. The Morgan fingerprint density at radius 3 is 1.64 bits per heavy atom. The molecule has 28 heavy (non-hydrogen) atoms. The molecule has 0 aromatic heterocycles. The third kappa shape index (κ3) is 11.7. The van der Waals surface area contributed by atoms with Crippen LogP contribution in [-0.4, -0.2) is 23.1 Å². The highest BCUT2D eigenvalue weighted by molar-refractivity contribution is 5.36. The minimum Gasteiger partial charge on any atom is -0.508 e. The number of hydrogen-bond donors (Lipinski definition) is 1. The van der Waals surface area contributed by atoms with Gasteiger partial charge in [-0.25, -0.2) is 0 Å². The van der Waals surface area contributed by atoms with Gasteiger partial charge in [-0.05, 0) is 37.6 Å². The molecule has 0 amide bonds. The molecule has 1 aromatic carbocycles. The van der Waals surface area contributed by atoms with Crippen LogP contribution in [0.5, 0.6) is 5.75 Å². The summed E-state index contributed by atoms with van der Waals surface area (Å²) in [6.07, 6.45) is 19.2. The number of hydrogen-bond acceptors (Lipinski definition) is 2. The first-order valence-corrected chi connectivity index (χ1v) is 12.2. The summed E-state index contributed by atoms with van der Waals surface area (Å²) >= 11 is 0. The predicted molar refractivity (Wildman–Crippen MR) is 124 cm³/mol. The van der Waals surface area contributed by atoms with Gasteiger partial charge in [0.25, 0.3) is 0 Å². The molecule has 0 unspecified atom stereocenters. The first kappa shape index (κ1) is 25.0. The van der Waals surface area contributed by atoms with Gasteiger partial charge in [-0.1, -0.05) is 110 Å². The Morgan fingerprint density at radius 1 is 0.679 bits per heavy atom. The highest BCUT2D eigenvalue weighted by atomic mass is 16.3. The maximum absolute atomic E-state index is 10.3. The molecule has 0 atom stereocenters. The van der Waals surface area contributed by atoms with Crippen molar-refractivity contribution in [3.8, 4) is 5.75 Å². The molecule has 0 heterocycles. The zero-order valence-electron chi connectivity index (χ0n) is 19.1. The summed E-state index contributed by atoms with van der Waals surface area (Å²) in [5.41, 5.74) is 2.33. The van der Waals surface area contributed by atoms with E-state index in [4.69, 9.17) is 0 Å². The molecule has 0 spiro atoms. The summed E-state index contributed by atoms with van der Waals surface area (Å²) < 4.78 is 0. The molecule has 2 nitrogen and oxygen atoms in total. The molecule has 0 aliphatic heterocycles. The molecule has 0 aliphatic rings. The molecule has 162 valence electrons. The van der Waals surface area contributed by atoms with E-state index in [1.807, 2.05) is 6.07 Å². The summed E-state index contributed by atoms with van der Waals surface area (Å²) in [6, 6.07) is 6.31. The highest BCUT2D eigenvalue weighted by Gasteiger charge is 2.07. The van der Waals surface area contributed by atoms with Gasteiger partial charge in [-0.2, -0.15) is 0 Å². The lowest BCUT2D eigenvalue weighted by Gasteiger charge is -2.19. The molecule has 0 saturated carbocycles. The minimum absolute atomic E-state index is 0.471. The molecule has 0 bridgehead atoms. The topological polar surface area (TPSA) is 23.5 Å². The van der Waals surface area contributed by atoms with Crippen molar-refractivity contribution in [2.24, 2.45) is 0 Å². The van der Waals surface area contributed by atoms with E-state index in [9.17, 15) is 5.11 Å². The number of aromatic hydroxyl groups is 1. The van der Waals surface area contributed by atoms with Gasteiger partial charge in [0, 0.05) is 12.1 Å². The minimum atomic E-state index is 0.471. The number of benzene rings is 1. The van der Waals surface area contributed by atoms with Crippen LogP contribution in [0.2, 0.25) is 0 Å². The van der Waals surface area contributed by atoms with Crippen LogP contribution in [0.1, 0.15) is 115 Å². The van der Waals surface area contributed by atoms with E-state index in [-0.39, 0.29) is 0 Å². The quantitative estimate of drug-likeness (QED) is 0.258. The number of rotatable bonds is 18. The van der Waals surface area contributed by atoms with E-state index < -0.39 is 0 Å². The smallest absolute Gasteiger partial charge is 0.120 e. The zero-order chi connectivity index (χ0) is 20.5. The third-order valence-corrected chi connectivity index (χ3v) is 6.01. The van der Waals surface area contributed by atoms with Crippen molar-refractivity contribution in [3.63, 3.8) is 0 Å². The van der Waals surface area contributed by atoms with Gasteiger partial charge in [0.15, 0.2) is 0 Å². The van der Waals surface area contributed by atoms with Gasteiger partial charge in [-0.3, -0.25) is 4.90 Å². The normalized spacial score (nSPS) is 11.4. The second-order valence-corrected chi connectivity index (χ2v) is 8.42. The summed E-state index contributed by atoms with van der Waals surface area (Å²) in [4.78, 5) is 2.33. The van der Waals surface area contributed by atoms with Gasteiger partial charge in [0.2, 0.25) is 0 Å². The maximum Gasteiger partial charge on any atom is 0.120 e. The Bertz CT molecular complexity index is 481. The van der Waals surface area contributed by atoms with E-state index in [2.05, 4.69) is 37.8 Å². The van der Waals surface area contributed by atoms with Crippen LogP contribution in [-0.2, 0) is 13.0 Å². The molecule has 0 radical (unpaired) electrons. The van der Waals surface area contributed by atoms with E-state index in [1.54, 1.807) is 0 Å². The van der Waals surface area contributed by atoms with Crippen LogP contribution in [0, 0.1) is 0 Å². The van der Waals surface area contributed by atoms with Crippen molar-refractivity contribution in [3.05, 3.63) is 29.3 Å². The molecule has 2 heteroatoms. The number of aryl methyl sites for hydroxylation is 1. The van der Waals surface area contributed by atoms with E-state index in [0.29, 0.717) is 5.75 Å². The van der Waals surface area contributed by atoms with Crippen molar-refractivity contribution in [2.45, 2.75) is 117 Å². The number of nitrogens with zero attached hydrogens (tertiary/aromatic N) is 1. The number of unbranched alkanes of at least 4 members (excludes halogenated alkanes) is 12. The van der Waals surface area contributed by atoms with Crippen molar-refractivity contribution in [2.75, 3.05) is 13.1 Å². The molecule has 0 fully saturated rings. The van der Waals surface area contributed by atoms with Gasteiger partial charge >= 0.3 is 0 Å². The third-order valence-electron chi connectivity index (χ3n) is 6.01. The van der Waals surface area contributed by atoms with Crippen molar-refractivity contribution in [1.29, 1.82) is 0 Å². The van der Waals surface area contributed by atoms with Gasteiger partial charge in [-0.15, -0.1) is 0 Å². The second kappa shape index (κ2) is 16.9. The number of phenols is 1. The first-order valence-electron chi connectivity index (χ1n) is 12.2. The van der Waals surface area contributed by atoms with Crippen molar-refractivity contribution < 1.29 is 5.11 Å². The summed E-state index contributed by atoms with van der Waals surface area (Å²) in [5.74, 6) is 0.471. The second-order valence-electron chi connectivity index (χ2n) is 8.42. The Hall–Kier alpha value is -1.02. The van der Waals surface area contributed by atoms with Crippen LogP contribution >= 0.6 is 0 Å². The molecule has 0 saturated heterocycles. The SMILES string of the molecule is CCCCCCCCCCCCCCCc1ccc(CN(CC)CC)c(O)c1. The maximum atomic E-state index is 10.3. The monoisotopic (exact) mass is 389 g/mol. The molecule has 1 rings (SSSR count).